The van der Waals surface area contributed by atoms with E-state index in [0.29, 0.717) is 55.5 Å². The molecule has 190 valence electrons. The Labute approximate surface area is 222 Å². The molecular weight excluding hydrogens is 523 g/mol. The van der Waals surface area contributed by atoms with Gasteiger partial charge in [0.1, 0.15) is 6.54 Å². The molecule has 0 spiro atoms. The van der Waals surface area contributed by atoms with Crippen molar-refractivity contribution >= 4 is 51.9 Å². The highest BCUT2D eigenvalue weighted by molar-refractivity contribution is 7.16. The zero-order chi connectivity index (χ0) is 26.1. The van der Waals surface area contributed by atoms with E-state index in [0.717, 1.165) is 11.3 Å². The number of halogens is 2. The first kappa shape index (κ1) is 26.3. The Bertz CT molecular complexity index is 1410. The lowest BCUT2D eigenvalue weighted by Crippen LogP contribution is -2.29. The van der Waals surface area contributed by atoms with E-state index in [1.54, 1.807) is 56.2 Å². The number of ketones is 1. The molecular formula is C25H26Cl2N4O4S. The third-order valence-electron chi connectivity index (χ3n) is 6.28. The largest absolute Gasteiger partial charge is 0.379 e. The van der Waals surface area contributed by atoms with Crippen LogP contribution in [0.25, 0.3) is 5.69 Å². The fourth-order valence-corrected chi connectivity index (χ4v) is 5.49. The Morgan fingerprint density at radius 2 is 1.89 bits per heavy atom. The van der Waals surface area contributed by atoms with Gasteiger partial charge in [-0.2, -0.15) is 0 Å². The predicted octanol–water partition coefficient (Wildman–Crippen LogP) is 4.64. The van der Waals surface area contributed by atoms with Crippen molar-refractivity contribution < 1.29 is 14.3 Å². The molecule has 1 saturated heterocycles. The number of nitrogens with one attached hydrogen (secondary N) is 1. The van der Waals surface area contributed by atoms with E-state index in [1.807, 2.05) is 0 Å². The molecule has 3 heterocycles. The van der Waals surface area contributed by atoms with Crippen LogP contribution in [0.2, 0.25) is 10.0 Å². The van der Waals surface area contributed by atoms with Crippen LogP contribution in [0, 0.1) is 12.8 Å². The van der Waals surface area contributed by atoms with E-state index in [2.05, 4.69) is 17.0 Å². The standard InChI is InChI=1S/C25H26Cl2N4O4S/c1-13-11-30(12-20(13)35-4)24(33)22-8-7-21(36-22)19(32)10-28-14(2)23-15(3)29-31(25(23)34)16-5-6-17(26)18(27)9-16/h5-9,13,20,29H,10-12H2,1-4H3. The van der Waals surface area contributed by atoms with Crippen LogP contribution in [0.5, 0.6) is 0 Å². The third kappa shape index (κ3) is 5.20. The van der Waals surface area contributed by atoms with E-state index in [-0.39, 0.29) is 35.8 Å². The van der Waals surface area contributed by atoms with Gasteiger partial charge < -0.3 is 9.64 Å². The van der Waals surface area contributed by atoms with Crippen molar-refractivity contribution in [1.29, 1.82) is 0 Å². The number of hydrogen-bond acceptors (Lipinski definition) is 6. The summed E-state index contributed by atoms with van der Waals surface area (Å²) in [6.45, 7) is 6.53. The van der Waals surface area contributed by atoms with Crippen molar-refractivity contribution in [3.05, 3.63) is 71.7 Å². The minimum absolute atomic E-state index is 0.0190. The maximum absolute atomic E-state index is 13.1. The molecule has 3 aromatic rings. The average molecular weight is 549 g/mol. The van der Waals surface area contributed by atoms with E-state index in [9.17, 15) is 14.4 Å². The highest BCUT2D eigenvalue weighted by atomic mass is 35.5. The number of Topliss-reactive ketones (excluding diaryl/α,β-unsaturated/α-hetero) is 1. The summed E-state index contributed by atoms with van der Waals surface area (Å²) in [6.07, 6.45) is 0.0190. The third-order valence-corrected chi connectivity index (χ3v) is 8.13. The topological polar surface area (TPSA) is 96.8 Å². The number of ether oxygens (including phenoxy) is 1. The second-order valence-electron chi connectivity index (χ2n) is 8.80. The number of benzene rings is 1. The van der Waals surface area contributed by atoms with E-state index < -0.39 is 0 Å². The van der Waals surface area contributed by atoms with Crippen LogP contribution < -0.4 is 5.56 Å². The van der Waals surface area contributed by atoms with Crippen molar-refractivity contribution in [3.63, 3.8) is 0 Å². The molecule has 0 aliphatic carbocycles. The smallest absolute Gasteiger partial charge is 0.280 e. The monoisotopic (exact) mass is 548 g/mol. The first-order chi connectivity index (χ1) is 17.1. The van der Waals surface area contributed by atoms with Crippen LogP contribution >= 0.6 is 34.5 Å². The molecule has 4 rings (SSSR count). The second kappa shape index (κ2) is 10.7. The first-order valence-corrected chi connectivity index (χ1v) is 12.9. The van der Waals surface area contributed by atoms with Crippen LogP contribution in [0.1, 0.15) is 44.4 Å². The summed E-state index contributed by atoms with van der Waals surface area (Å²) >= 11 is 13.2. The number of aryl methyl sites for hydroxylation is 1. The normalized spacial score (nSPS) is 18.2. The number of methoxy groups -OCH3 is 1. The first-order valence-electron chi connectivity index (χ1n) is 11.3. The minimum atomic E-state index is -0.308. The van der Waals surface area contributed by atoms with Crippen LogP contribution in [-0.2, 0) is 4.74 Å². The summed E-state index contributed by atoms with van der Waals surface area (Å²) in [5, 5.41) is 3.74. The van der Waals surface area contributed by atoms with Gasteiger partial charge in [-0.25, -0.2) is 4.68 Å². The van der Waals surface area contributed by atoms with Gasteiger partial charge in [0.15, 0.2) is 5.78 Å². The number of aliphatic imine (C=N–C) groups is 1. The minimum Gasteiger partial charge on any atom is -0.379 e. The molecule has 1 aromatic carbocycles. The summed E-state index contributed by atoms with van der Waals surface area (Å²) in [4.78, 5) is 45.8. The highest BCUT2D eigenvalue weighted by Crippen LogP contribution is 2.25. The molecule has 1 N–H and O–H groups in total. The van der Waals surface area contributed by atoms with Crippen molar-refractivity contribution in [2.75, 3.05) is 26.7 Å². The molecule has 0 bridgehead atoms. The number of hydrogen-bond donors (Lipinski definition) is 1. The Kier molecular flexibility index (Phi) is 7.85. The molecule has 1 aliphatic heterocycles. The number of carbonyl (C=O) groups excluding carboxylic acids is 2. The number of amides is 1. The molecule has 11 heteroatoms. The molecule has 0 saturated carbocycles. The van der Waals surface area contributed by atoms with Gasteiger partial charge in [-0.15, -0.1) is 11.3 Å². The number of likely N-dealkylation sites (tertiary alicyclic amines) is 1. The van der Waals surface area contributed by atoms with Crippen molar-refractivity contribution in [1.82, 2.24) is 14.7 Å². The summed E-state index contributed by atoms with van der Waals surface area (Å²) < 4.78 is 6.79. The number of aromatic amines is 1. The molecule has 2 unspecified atom stereocenters. The van der Waals surface area contributed by atoms with Crippen LogP contribution in [0.4, 0.5) is 0 Å². The van der Waals surface area contributed by atoms with Gasteiger partial charge in [0, 0.05) is 37.5 Å². The average Bonchev–Trinajstić information content (AvgIpc) is 3.56. The number of nitrogens with zero attached hydrogens (tertiary/aromatic N) is 3. The highest BCUT2D eigenvalue weighted by Gasteiger charge is 2.33. The lowest BCUT2D eigenvalue weighted by molar-refractivity contribution is 0.0697. The van der Waals surface area contributed by atoms with Gasteiger partial charge in [0.2, 0.25) is 0 Å². The lowest BCUT2D eigenvalue weighted by atomic mass is 10.1. The van der Waals surface area contributed by atoms with Gasteiger partial charge in [0.05, 0.1) is 37.2 Å². The van der Waals surface area contributed by atoms with Gasteiger partial charge in [-0.1, -0.05) is 30.1 Å². The maximum atomic E-state index is 13.1. The number of rotatable bonds is 7. The number of carbonyl (C=O) groups is 2. The lowest BCUT2D eigenvalue weighted by Gasteiger charge is -2.14. The fraction of sp³-hybridized carbons (Fsp3) is 0.360. The fourth-order valence-electron chi connectivity index (χ4n) is 4.29. The summed E-state index contributed by atoms with van der Waals surface area (Å²) in [6, 6.07) is 8.21. The Hall–Kier alpha value is -2.72. The molecule has 2 aromatic heterocycles. The Morgan fingerprint density at radius 3 is 2.56 bits per heavy atom. The van der Waals surface area contributed by atoms with E-state index >= 15 is 0 Å². The Morgan fingerprint density at radius 1 is 1.17 bits per heavy atom. The van der Waals surface area contributed by atoms with Crippen molar-refractivity contribution in [2.45, 2.75) is 26.9 Å². The van der Waals surface area contributed by atoms with Gasteiger partial charge in [-0.3, -0.25) is 24.5 Å². The molecule has 1 fully saturated rings. The van der Waals surface area contributed by atoms with E-state index in [4.69, 9.17) is 27.9 Å². The van der Waals surface area contributed by atoms with E-state index in [1.165, 1.54) is 4.68 Å². The molecule has 36 heavy (non-hydrogen) atoms. The van der Waals surface area contributed by atoms with Crippen molar-refractivity contribution in [3.8, 4) is 5.69 Å². The van der Waals surface area contributed by atoms with Gasteiger partial charge in [-0.05, 0) is 44.2 Å². The van der Waals surface area contributed by atoms with Crippen LogP contribution in [0.15, 0.2) is 40.1 Å². The van der Waals surface area contributed by atoms with Crippen molar-refractivity contribution in [2.24, 2.45) is 10.9 Å². The molecule has 0 radical (unpaired) electrons. The molecule has 1 aliphatic rings. The predicted molar refractivity (Wildman–Crippen MR) is 143 cm³/mol. The van der Waals surface area contributed by atoms with Gasteiger partial charge in [0.25, 0.3) is 11.5 Å². The number of thiophene rings is 1. The molecule has 1 amide bonds. The number of H-pyrrole nitrogens is 1. The second-order valence-corrected chi connectivity index (χ2v) is 10.7. The molecule has 8 nitrogen and oxygen atoms in total. The quantitative estimate of drug-likeness (QED) is 0.343. The summed E-state index contributed by atoms with van der Waals surface area (Å²) in [5.74, 6) is -0.0626. The maximum Gasteiger partial charge on any atom is 0.280 e. The van der Waals surface area contributed by atoms with Crippen LogP contribution in [0.3, 0.4) is 0 Å². The zero-order valence-corrected chi connectivity index (χ0v) is 22.6. The Balaban J connectivity index is 1.47. The van der Waals surface area contributed by atoms with Gasteiger partial charge >= 0.3 is 0 Å². The molecule has 2 atom stereocenters. The SMILES string of the molecule is COC1CN(C(=O)c2ccc(C(=O)CN=C(C)c3c(C)[nH]n(-c4ccc(Cl)c(Cl)c4)c3=O)s2)CC1C. The van der Waals surface area contributed by atoms with Crippen LogP contribution in [-0.4, -0.2) is 64.9 Å². The number of aromatic nitrogens is 2. The summed E-state index contributed by atoms with van der Waals surface area (Å²) in [5.41, 5.74) is 1.65. The zero-order valence-electron chi connectivity index (χ0n) is 20.3. The summed E-state index contributed by atoms with van der Waals surface area (Å²) in [7, 11) is 1.65.